The predicted octanol–water partition coefficient (Wildman–Crippen LogP) is 4.54. The maximum atomic E-state index is 13.0. The lowest BCUT2D eigenvalue weighted by Gasteiger charge is -2.05. The number of carbonyl (C=O) groups is 1. The van der Waals surface area contributed by atoms with Crippen molar-refractivity contribution in [3.8, 4) is 5.75 Å². The molecule has 1 amide bonds. The molecule has 0 aliphatic heterocycles. The Kier molecular flexibility index (Phi) is 5.76. The van der Waals surface area contributed by atoms with Gasteiger partial charge in [-0.2, -0.15) is 0 Å². The molecule has 7 nitrogen and oxygen atoms in total. The van der Waals surface area contributed by atoms with E-state index in [0.717, 1.165) is 5.56 Å². The fourth-order valence-corrected chi connectivity index (χ4v) is 2.85. The molecule has 0 unspecified atom stereocenters. The third kappa shape index (κ3) is 4.84. The van der Waals surface area contributed by atoms with Crippen molar-refractivity contribution in [1.82, 2.24) is 14.8 Å². The van der Waals surface area contributed by atoms with E-state index < -0.39 is 5.91 Å². The summed E-state index contributed by atoms with van der Waals surface area (Å²) in [5.74, 6) is 0.432. The molecule has 4 aromatic rings. The second-order valence-electron chi connectivity index (χ2n) is 6.33. The van der Waals surface area contributed by atoms with E-state index in [-0.39, 0.29) is 24.1 Å². The minimum atomic E-state index is -0.487. The van der Waals surface area contributed by atoms with Crippen LogP contribution in [0.3, 0.4) is 0 Å². The largest absolute Gasteiger partial charge is 0.484 e. The summed E-state index contributed by atoms with van der Waals surface area (Å²) in [4.78, 5) is 16.4. The third-order valence-electron chi connectivity index (χ3n) is 4.11. The topological polar surface area (TPSA) is 82.2 Å². The van der Waals surface area contributed by atoms with Gasteiger partial charge in [-0.1, -0.05) is 35.9 Å². The Morgan fingerprint density at radius 2 is 1.93 bits per heavy atom. The molecule has 2 heterocycles. The maximum Gasteiger partial charge on any atom is 0.293 e. The van der Waals surface area contributed by atoms with Gasteiger partial charge < -0.3 is 9.15 Å². The van der Waals surface area contributed by atoms with Crippen molar-refractivity contribution in [3.05, 3.63) is 94.9 Å². The number of hydrogen-bond donors (Lipinski definition) is 1. The lowest BCUT2D eigenvalue weighted by molar-refractivity contribution is 0.0991. The van der Waals surface area contributed by atoms with Gasteiger partial charge in [0.1, 0.15) is 30.3 Å². The first kappa shape index (κ1) is 19.7. The van der Waals surface area contributed by atoms with Crippen molar-refractivity contribution in [2.75, 3.05) is 5.32 Å². The first-order valence-corrected chi connectivity index (χ1v) is 9.36. The number of ether oxygens (including phenoxy) is 1. The van der Waals surface area contributed by atoms with Crippen LogP contribution in [0.25, 0.3) is 0 Å². The summed E-state index contributed by atoms with van der Waals surface area (Å²) in [7, 11) is 0. The number of aromatic nitrogens is 3. The van der Waals surface area contributed by atoms with Gasteiger partial charge in [0, 0.05) is 0 Å². The number of nitrogens with zero attached hydrogens (tertiary/aromatic N) is 3. The quantitative estimate of drug-likeness (QED) is 0.469. The average Bonchev–Trinajstić information content (AvgIpc) is 3.39. The normalized spacial score (nSPS) is 10.7. The van der Waals surface area contributed by atoms with Crippen LogP contribution in [0.15, 0.2) is 71.4 Å². The van der Waals surface area contributed by atoms with Gasteiger partial charge in [0.25, 0.3) is 5.91 Å². The zero-order valence-electron chi connectivity index (χ0n) is 15.6. The van der Waals surface area contributed by atoms with Crippen molar-refractivity contribution in [2.24, 2.45) is 0 Å². The van der Waals surface area contributed by atoms with Gasteiger partial charge in [0.2, 0.25) is 5.95 Å². The Morgan fingerprint density at radius 1 is 1.13 bits per heavy atom. The first-order valence-electron chi connectivity index (χ1n) is 8.98. The smallest absolute Gasteiger partial charge is 0.293 e. The van der Waals surface area contributed by atoms with Gasteiger partial charge in [-0.3, -0.25) is 10.1 Å². The number of carbonyl (C=O) groups excluding carboxylic acids is 1. The van der Waals surface area contributed by atoms with Crippen molar-refractivity contribution >= 4 is 23.5 Å². The summed E-state index contributed by atoms with van der Waals surface area (Å²) in [6.45, 7) is 0.523. The Bertz CT molecular complexity index is 1160. The second-order valence-corrected chi connectivity index (χ2v) is 6.74. The summed E-state index contributed by atoms with van der Waals surface area (Å²) in [5.41, 5.74) is 0.855. The van der Waals surface area contributed by atoms with Crippen LogP contribution in [0.1, 0.15) is 21.9 Å². The molecule has 2 aromatic carbocycles. The van der Waals surface area contributed by atoms with Crippen molar-refractivity contribution in [2.45, 2.75) is 13.2 Å². The number of hydrogen-bond acceptors (Lipinski definition) is 5. The average molecular weight is 427 g/mol. The number of anilines is 1. The molecule has 0 radical (unpaired) electrons. The molecule has 152 valence electrons. The number of furan rings is 1. The minimum absolute atomic E-state index is 0.0997. The van der Waals surface area contributed by atoms with Crippen LogP contribution in [-0.4, -0.2) is 20.7 Å². The zero-order chi connectivity index (χ0) is 20.9. The van der Waals surface area contributed by atoms with Crippen molar-refractivity contribution < 1.29 is 18.3 Å². The Morgan fingerprint density at radius 3 is 2.73 bits per heavy atom. The monoisotopic (exact) mass is 426 g/mol. The highest BCUT2D eigenvalue weighted by atomic mass is 35.5. The molecule has 0 atom stereocenters. The van der Waals surface area contributed by atoms with Gasteiger partial charge in [-0.05, 0) is 42.0 Å². The summed E-state index contributed by atoms with van der Waals surface area (Å²) < 4.78 is 25.6. The van der Waals surface area contributed by atoms with Gasteiger partial charge >= 0.3 is 0 Å². The molecule has 0 aliphatic carbocycles. The lowest BCUT2D eigenvalue weighted by Crippen LogP contribution is -2.12. The van der Waals surface area contributed by atoms with Crippen LogP contribution >= 0.6 is 11.6 Å². The second kappa shape index (κ2) is 8.79. The van der Waals surface area contributed by atoms with E-state index in [1.165, 1.54) is 29.2 Å². The molecule has 0 saturated carbocycles. The number of nitrogens with one attached hydrogen (secondary N) is 1. The Balaban J connectivity index is 1.34. The summed E-state index contributed by atoms with van der Waals surface area (Å²) >= 11 is 6.04. The predicted molar refractivity (Wildman–Crippen MR) is 108 cm³/mol. The molecule has 0 aliphatic rings. The molecule has 0 fully saturated rings. The van der Waals surface area contributed by atoms with Gasteiger partial charge in [-0.15, -0.1) is 5.10 Å². The number of benzene rings is 2. The van der Waals surface area contributed by atoms with Crippen molar-refractivity contribution in [1.29, 1.82) is 0 Å². The van der Waals surface area contributed by atoms with E-state index >= 15 is 0 Å². The molecule has 9 heteroatoms. The summed E-state index contributed by atoms with van der Waals surface area (Å²) in [5, 5.41) is 7.25. The van der Waals surface area contributed by atoms with Crippen LogP contribution in [0.2, 0.25) is 5.02 Å². The van der Waals surface area contributed by atoms with Gasteiger partial charge in [-0.25, -0.2) is 14.1 Å². The SMILES string of the molecule is O=C(Nc1ncn(Cc2ccc(F)cc2)n1)c1ccc(COc2ccccc2Cl)o1. The number of para-hydroxylation sites is 1. The van der Waals surface area contributed by atoms with Gasteiger partial charge in [0.15, 0.2) is 5.76 Å². The van der Waals surface area contributed by atoms with Crippen LogP contribution in [-0.2, 0) is 13.2 Å². The number of amides is 1. The molecule has 4 rings (SSSR count). The fraction of sp³-hybridized carbons (Fsp3) is 0.0952. The molecule has 0 spiro atoms. The summed E-state index contributed by atoms with van der Waals surface area (Å²) in [6, 6.07) is 16.3. The number of rotatable bonds is 7. The summed E-state index contributed by atoms with van der Waals surface area (Å²) in [6.07, 6.45) is 1.48. The van der Waals surface area contributed by atoms with E-state index in [1.54, 1.807) is 36.4 Å². The van der Waals surface area contributed by atoms with E-state index in [0.29, 0.717) is 23.1 Å². The highest BCUT2D eigenvalue weighted by Gasteiger charge is 2.14. The number of halogens is 2. The van der Waals surface area contributed by atoms with Crippen LogP contribution in [0.4, 0.5) is 10.3 Å². The van der Waals surface area contributed by atoms with Crippen LogP contribution in [0.5, 0.6) is 5.75 Å². The Hall–Kier alpha value is -3.65. The molecule has 0 saturated heterocycles. The van der Waals surface area contributed by atoms with Crippen LogP contribution in [0, 0.1) is 5.82 Å². The standard InChI is InChI=1S/C21H16ClFN4O3/c22-17-3-1-2-4-18(17)29-12-16-9-10-19(30-16)20(28)25-21-24-13-27(26-21)11-14-5-7-15(23)8-6-14/h1-10,13H,11-12H2,(H,25,26,28). The lowest BCUT2D eigenvalue weighted by atomic mass is 10.2. The molecule has 30 heavy (non-hydrogen) atoms. The molecule has 0 bridgehead atoms. The van der Waals surface area contributed by atoms with Crippen LogP contribution < -0.4 is 10.1 Å². The highest BCUT2D eigenvalue weighted by molar-refractivity contribution is 6.32. The molecule has 1 N–H and O–H groups in total. The van der Waals surface area contributed by atoms with E-state index in [4.69, 9.17) is 20.8 Å². The Labute approximate surface area is 176 Å². The molecule has 2 aromatic heterocycles. The first-order chi connectivity index (χ1) is 14.6. The molecular formula is C21H16ClFN4O3. The molecular weight excluding hydrogens is 411 g/mol. The van der Waals surface area contributed by atoms with E-state index in [2.05, 4.69) is 15.4 Å². The van der Waals surface area contributed by atoms with E-state index in [1.807, 2.05) is 6.07 Å². The zero-order valence-corrected chi connectivity index (χ0v) is 16.3. The fourth-order valence-electron chi connectivity index (χ4n) is 2.66. The third-order valence-corrected chi connectivity index (χ3v) is 4.42. The van der Waals surface area contributed by atoms with Crippen molar-refractivity contribution in [3.63, 3.8) is 0 Å². The van der Waals surface area contributed by atoms with E-state index in [9.17, 15) is 9.18 Å². The highest BCUT2D eigenvalue weighted by Crippen LogP contribution is 2.24. The maximum absolute atomic E-state index is 13.0. The van der Waals surface area contributed by atoms with Gasteiger partial charge in [0.05, 0.1) is 11.6 Å². The minimum Gasteiger partial charge on any atom is -0.484 e.